The molecular formula is C17H27N7O. The second-order valence-electron chi connectivity index (χ2n) is 6.65. The highest BCUT2D eigenvalue weighted by Crippen LogP contribution is 2.12. The minimum absolute atomic E-state index is 0.223. The first-order chi connectivity index (χ1) is 12.0. The van der Waals surface area contributed by atoms with E-state index in [1.54, 1.807) is 12.7 Å². The molecule has 0 spiro atoms. The zero-order valence-corrected chi connectivity index (χ0v) is 15.4. The van der Waals surface area contributed by atoms with Crippen molar-refractivity contribution in [2.45, 2.75) is 40.3 Å². The molecule has 3 rings (SSSR count). The van der Waals surface area contributed by atoms with Crippen LogP contribution in [0.4, 0.5) is 0 Å². The predicted octanol–water partition coefficient (Wildman–Crippen LogP) is 0.634. The number of hydrogen-bond acceptors (Lipinski definition) is 5. The summed E-state index contributed by atoms with van der Waals surface area (Å²) in [5.41, 5.74) is 3.42. The highest BCUT2D eigenvalue weighted by atomic mass is 16.2. The predicted molar refractivity (Wildman–Crippen MR) is 94.1 cm³/mol. The van der Waals surface area contributed by atoms with Crippen LogP contribution in [0.25, 0.3) is 0 Å². The summed E-state index contributed by atoms with van der Waals surface area (Å²) in [5, 5.41) is 8.63. The number of aromatic nitrogens is 5. The quantitative estimate of drug-likeness (QED) is 0.768. The molecule has 0 N–H and O–H groups in total. The van der Waals surface area contributed by atoms with Crippen molar-refractivity contribution in [3.63, 3.8) is 0 Å². The summed E-state index contributed by atoms with van der Waals surface area (Å²) >= 11 is 0. The Morgan fingerprint density at radius 3 is 2.44 bits per heavy atom. The van der Waals surface area contributed by atoms with Gasteiger partial charge in [0.05, 0.1) is 12.2 Å². The van der Waals surface area contributed by atoms with E-state index in [1.807, 2.05) is 21.2 Å². The average Bonchev–Trinajstić information content (AvgIpc) is 3.23. The van der Waals surface area contributed by atoms with Crippen LogP contribution in [-0.4, -0.2) is 73.0 Å². The zero-order valence-electron chi connectivity index (χ0n) is 15.4. The first-order valence-corrected chi connectivity index (χ1v) is 8.87. The lowest BCUT2D eigenvalue weighted by Crippen LogP contribution is -2.49. The summed E-state index contributed by atoms with van der Waals surface area (Å²) in [7, 11) is 0. The van der Waals surface area contributed by atoms with Crippen LogP contribution in [0.1, 0.15) is 23.4 Å². The number of nitrogens with zero attached hydrogens (tertiary/aromatic N) is 7. The summed E-state index contributed by atoms with van der Waals surface area (Å²) in [5.74, 6) is 0.223. The zero-order chi connectivity index (χ0) is 17.8. The lowest BCUT2D eigenvalue weighted by atomic mass is 10.2. The third kappa shape index (κ3) is 4.25. The average molecular weight is 345 g/mol. The van der Waals surface area contributed by atoms with Gasteiger partial charge in [-0.05, 0) is 26.3 Å². The molecule has 1 saturated heterocycles. The molecule has 0 atom stereocenters. The normalized spacial score (nSPS) is 15.7. The van der Waals surface area contributed by atoms with Crippen molar-refractivity contribution in [2.24, 2.45) is 0 Å². The molecule has 0 aromatic carbocycles. The van der Waals surface area contributed by atoms with Gasteiger partial charge in [-0.15, -0.1) is 0 Å². The lowest BCUT2D eigenvalue weighted by Gasteiger charge is -2.34. The molecule has 0 aliphatic carbocycles. The third-order valence-electron chi connectivity index (χ3n) is 5.12. The van der Waals surface area contributed by atoms with Crippen molar-refractivity contribution in [2.75, 3.05) is 32.7 Å². The van der Waals surface area contributed by atoms with E-state index >= 15 is 0 Å². The van der Waals surface area contributed by atoms with E-state index in [0.29, 0.717) is 13.0 Å². The maximum absolute atomic E-state index is 12.5. The van der Waals surface area contributed by atoms with Crippen molar-refractivity contribution in [1.82, 2.24) is 34.3 Å². The molecular weight excluding hydrogens is 318 g/mol. The van der Waals surface area contributed by atoms with E-state index < -0.39 is 0 Å². The van der Waals surface area contributed by atoms with Crippen molar-refractivity contribution in [1.29, 1.82) is 0 Å². The van der Waals surface area contributed by atoms with Crippen LogP contribution in [-0.2, 0) is 17.9 Å². The van der Waals surface area contributed by atoms with Gasteiger partial charge in [-0.2, -0.15) is 10.2 Å². The highest BCUT2D eigenvalue weighted by Gasteiger charge is 2.21. The molecule has 2 aromatic rings. The minimum atomic E-state index is 0.223. The van der Waals surface area contributed by atoms with Crippen molar-refractivity contribution >= 4 is 5.91 Å². The van der Waals surface area contributed by atoms with Gasteiger partial charge in [0.15, 0.2) is 0 Å². The summed E-state index contributed by atoms with van der Waals surface area (Å²) in [6.07, 6.45) is 3.81. The molecule has 1 aliphatic rings. The van der Waals surface area contributed by atoms with E-state index in [-0.39, 0.29) is 5.91 Å². The molecule has 25 heavy (non-hydrogen) atoms. The number of carbonyl (C=O) groups is 1. The Labute approximate surface area is 148 Å². The van der Waals surface area contributed by atoms with E-state index in [9.17, 15) is 4.79 Å². The topological polar surface area (TPSA) is 72.1 Å². The molecule has 8 heteroatoms. The third-order valence-corrected chi connectivity index (χ3v) is 5.12. The second kappa shape index (κ2) is 7.77. The van der Waals surface area contributed by atoms with Crippen LogP contribution in [0.15, 0.2) is 12.7 Å². The minimum Gasteiger partial charge on any atom is -0.340 e. The molecule has 1 amide bonds. The first kappa shape index (κ1) is 17.6. The Hall–Kier alpha value is -2.22. The second-order valence-corrected chi connectivity index (χ2v) is 6.65. The number of amides is 1. The van der Waals surface area contributed by atoms with Crippen molar-refractivity contribution < 1.29 is 4.79 Å². The van der Waals surface area contributed by atoms with Gasteiger partial charge in [-0.1, -0.05) is 0 Å². The Kier molecular flexibility index (Phi) is 5.47. The summed E-state index contributed by atoms with van der Waals surface area (Å²) in [6.45, 7) is 12.0. The van der Waals surface area contributed by atoms with Crippen LogP contribution < -0.4 is 0 Å². The molecule has 1 fully saturated rings. The fraction of sp³-hybridized carbons (Fsp3) is 0.647. The van der Waals surface area contributed by atoms with Gasteiger partial charge in [0.25, 0.3) is 0 Å². The van der Waals surface area contributed by atoms with Crippen LogP contribution in [0.5, 0.6) is 0 Å². The molecule has 0 unspecified atom stereocenters. The number of aryl methyl sites for hydroxylation is 2. The molecule has 0 bridgehead atoms. The Balaban J connectivity index is 1.41. The fourth-order valence-electron chi connectivity index (χ4n) is 3.18. The van der Waals surface area contributed by atoms with Gasteiger partial charge in [-0.25, -0.2) is 4.98 Å². The van der Waals surface area contributed by atoms with Crippen LogP contribution in [0.2, 0.25) is 0 Å². The fourth-order valence-corrected chi connectivity index (χ4v) is 3.18. The highest BCUT2D eigenvalue weighted by molar-refractivity contribution is 5.76. The van der Waals surface area contributed by atoms with Crippen LogP contribution in [0, 0.1) is 20.8 Å². The monoisotopic (exact) mass is 345 g/mol. The number of carbonyl (C=O) groups excluding carboxylic acids is 1. The first-order valence-electron chi connectivity index (χ1n) is 8.87. The smallest absolute Gasteiger partial charge is 0.224 e. The molecule has 0 radical (unpaired) electrons. The van der Waals surface area contributed by atoms with Crippen LogP contribution in [0.3, 0.4) is 0 Å². The van der Waals surface area contributed by atoms with Crippen LogP contribution >= 0.6 is 0 Å². The largest absolute Gasteiger partial charge is 0.340 e. The lowest BCUT2D eigenvalue weighted by molar-refractivity contribution is -0.133. The molecule has 8 nitrogen and oxygen atoms in total. The number of hydrogen-bond donors (Lipinski definition) is 0. The van der Waals surface area contributed by atoms with E-state index in [0.717, 1.165) is 50.7 Å². The van der Waals surface area contributed by atoms with E-state index in [4.69, 9.17) is 0 Å². The molecule has 136 valence electrons. The van der Waals surface area contributed by atoms with Gasteiger partial charge in [-0.3, -0.25) is 19.1 Å². The Bertz CT molecular complexity index is 699. The standard InChI is InChI=1S/C17H27N7O/c1-14-15(2)20-24(16(14)3)5-4-17(25)22-9-6-21(7-10-22)8-11-23-13-18-12-19-23/h12-13H,4-11H2,1-3H3. The number of rotatable bonds is 6. The van der Waals surface area contributed by atoms with Gasteiger partial charge in [0.2, 0.25) is 5.91 Å². The maximum Gasteiger partial charge on any atom is 0.224 e. The molecule has 0 saturated carbocycles. The molecule has 2 aromatic heterocycles. The van der Waals surface area contributed by atoms with Gasteiger partial charge < -0.3 is 4.90 Å². The molecule has 1 aliphatic heterocycles. The maximum atomic E-state index is 12.5. The van der Waals surface area contributed by atoms with Crippen molar-refractivity contribution in [3.8, 4) is 0 Å². The van der Waals surface area contributed by atoms with E-state index in [2.05, 4.69) is 33.9 Å². The molecule has 3 heterocycles. The Morgan fingerprint density at radius 1 is 1.08 bits per heavy atom. The van der Waals surface area contributed by atoms with Gasteiger partial charge >= 0.3 is 0 Å². The summed E-state index contributed by atoms with van der Waals surface area (Å²) in [4.78, 5) is 20.8. The Morgan fingerprint density at radius 2 is 1.84 bits per heavy atom. The summed E-state index contributed by atoms with van der Waals surface area (Å²) < 4.78 is 3.80. The van der Waals surface area contributed by atoms with E-state index in [1.165, 1.54) is 5.56 Å². The SMILES string of the molecule is Cc1nn(CCC(=O)N2CCN(CCn3cncn3)CC2)c(C)c1C. The summed E-state index contributed by atoms with van der Waals surface area (Å²) in [6, 6.07) is 0. The van der Waals surface area contributed by atoms with Gasteiger partial charge in [0.1, 0.15) is 12.7 Å². The van der Waals surface area contributed by atoms with Gasteiger partial charge in [0, 0.05) is 51.4 Å². The van der Waals surface area contributed by atoms with Crippen molar-refractivity contribution in [3.05, 3.63) is 29.6 Å². The number of piperazine rings is 1.